The van der Waals surface area contributed by atoms with E-state index in [1.165, 1.54) is 5.56 Å². The molecule has 18 heavy (non-hydrogen) atoms. The molecule has 0 saturated carbocycles. The molecule has 90 valence electrons. The van der Waals surface area contributed by atoms with E-state index in [1.807, 2.05) is 24.3 Å². The number of pyridine rings is 1. The maximum Gasteiger partial charge on any atom is 0.228 e. The molecule has 0 radical (unpaired) electrons. The fourth-order valence-electron chi connectivity index (χ4n) is 1.92. The Labute approximate surface area is 105 Å². The lowest BCUT2D eigenvalue weighted by Crippen LogP contribution is -1.87. The first kappa shape index (κ1) is 11.0. The molecule has 0 aliphatic rings. The highest BCUT2D eigenvalue weighted by molar-refractivity contribution is 5.72. The van der Waals surface area contributed by atoms with Crippen LogP contribution >= 0.6 is 0 Å². The van der Waals surface area contributed by atoms with E-state index >= 15 is 0 Å². The predicted octanol–water partition coefficient (Wildman–Crippen LogP) is 4.01. The number of aromatic nitrogens is 2. The fourth-order valence-corrected chi connectivity index (χ4v) is 1.92. The van der Waals surface area contributed by atoms with Gasteiger partial charge in [0.1, 0.15) is 0 Å². The van der Waals surface area contributed by atoms with Crippen LogP contribution in [-0.2, 0) is 0 Å². The van der Waals surface area contributed by atoms with Crippen molar-refractivity contribution >= 4 is 11.2 Å². The molecule has 0 saturated heterocycles. The van der Waals surface area contributed by atoms with Crippen molar-refractivity contribution < 1.29 is 4.42 Å². The molecule has 0 N–H and O–H groups in total. The van der Waals surface area contributed by atoms with Crippen molar-refractivity contribution in [2.45, 2.75) is 19.8 Å². The highest BCUT2D eigenvalue weighted by Gasteiger charge is 2.09. The molecule has 3 aromatic rings. The van der Waals surface area contributed by atoms with Gasteiger partial charge in [-0.1, -0.05) is 26.0 Å². The zero-order valence-corrected chi connectivity index (χ0v) is 10.4. The molecule has 0 spiro atoms. The summed E-state index contributed by atoms with van der Waals surface area (Å²) in [5, 5.41) is 0. The highest BCUT2D eigenvalue weighted by Crippen LogP contribution is 2.25. The maximum atomic E-state index is 5.72. The average molecular weight is 238 g/mol. The Hall–Kier alpha value is -2.16. The van der Waals surface area contributed by atoms with E-state index in [0.29, 0.717) is 17.5 Å². The van der Waals surface area contributed by atoms with Gasteiger partial charge in [0.25, 0.3) is 0 Å². The van der Waals surface area contributed by atoms with Crippen LogP contribution in [0.2, 0.25) is 0 Å². The molecular formula is C15H14N2O. The lowest BCUT2D eigenvalue weighted by molar-refractivity contribution is 0.619. The van der Waals surface area contributed by atoms with Gasteiger partial charge in [-0.2, -0.15) is 4.98 Å². The first-order valence-electron chi connectivity index (χ1n) is 6.06. The van der Waals surface area contributed by atoms with Crippen LogP contribution in [0.25, 0.3) is 22.7 Å². The van der Waals surface area contributed by atoms with Crippen molar-refractivity contribution in [3.63, 3.8) is 0 Å². The number of nitrogens with zero attached hydrogens (tertiary/aromatic N) is 2. The van der Waals surface area contributed by atoms with Gasteiger partial charge in [0.15, 0.2) is 11.2 Å². The first-order valence-corrected chi connectivity index (χ1v) is 6.06. The number of hydrogen-bond acceptors (Lipinski definition) is 3. The van der Waals surface area contributed by atoms with Gasteiger partial charge >= 0.3 is 0 Å². The van der Waals surface area contributed by atoms with Gasteiger partial charge in [0.05, 0.1) is 0 Å². The normalized spacial score (nSPS) is 11.3. The topological polar surface area (TPSA) is 38.9 Å². The minimum absolute atomic E-state index is 0.493. The second-order valence-corrected chi connectivity index (χ2v) is 4.62. The van der Waals surface area contributed by atoms with Crippen LogP contribution in [0.15, 0.2) is 47.0 Å². The largest absolute Gasteiger partial charge is 0.434 e. The molecule has 0 aliphatic heterocycles. The van der Waals surface area contributed by atoms with Crippen LogP contribution in [0.3, 0.4) is 0 Å². The SMILES string of the molecule is CC(C)c1cccc(-c2nc3ncccc3o2)c1. The molecule has 0 bridgehead atoms. The molecule has 2 heterocycles. The molecule has 0 aliphatic carbocycles. The smallest absolute Gasteiger partial charge is 0.228 e. The van der Waals surface area contributed by atoms with Gasteiger partial charge < -0.3 is 4.42 Å². The lowest BCUT2D eigenvalue weighted by atomic mass is 10.0. The number of fused-ring (bicyclic) bond motifs is 1. The van der Waals surface area contributed by atoms with Crippen LogP contribution < -0.4 is 0 Å². The van der Waals surface area contributed by atoms with Gasteiger partial charge in [0, 0.05) is 11.8 Å². The van der Waals surface area contributed by atoms with Crippen molar-refractivity contribution in [1.82, 2.24) is 9.97 Å². The molecule has 3 nitrogen and oxygen atoms in total. The van der Waals surface area contributed by atoms with Gasteiger partial charge in [-0.05, 0) is 35.7 Å². The molecule has 3 rings (SSSR count). The van der Waals surface area contributed by atoms with E-state index in [0.717, 1.165) is 11.1 Å². The summed E-state index contributed by atoms with van der Waals surface area (Å²) in [6, 6.07) is 12.0. The van der Waals surface area contributed by atoms with E-state index in [9.17, 15) is 0 Å². The van der Waals surface area contributed by atoms with Crippen molar-refractivity contribution in [2.75, 3.05) is 0 Å². The number of benzene rings is 1. The van der Waals surface area contributed by atoms with E-state index < -0.39 is 0 Å². The zero-order valence-electron chi connectivity index (χ0n) is 10.4. The summed E-state index contributed by atoms with van der Waals surface area (Å²) in [7, 11) is 0. The minimum atomic E-state index is 0.493. The van der Waals surface area contributed by atoms with Crippen molar-refractivity contribution in [2.24, 2.45) is 0 Å². The van der Waals surface area contributed by atoms with Crippen LogP contribution in [0, 0.1) is 0 Å². The van der Waals surface area contributed by atoms with Gasteiger partial charge in [0.2, 0.25) is 5.89 Å². The summed E-state index contributed by atoms with van der Waals surface area (Å²) < 4.78 is 5.72. The molecule has 0 amide bonds. The fraction of sp³-hybridized carbons (Fsp3) is 0.200. The van der Waals surface area contributed by atoms with Crippen molar-refractivity contribution in [3.05, 3.63) is 48.2 Å². The molecular weight excluding hydrogens is 224 g/mol. The quantitative estimate of drug-likeness (QED) is 0.677. The third-order valence-electron chi connectivity index (χ3n) is 2.97. The van der Waals surface area contributed by atoms with Crippen molar-refractivity contribution in [1.29, 1.82) is 0 Å². The third-order valence-corrected chi connectivity index (χ3v) is 2.97. The Kier molecular flexibility index (Phi) is 2.59. The Morgan fingerprint density at radius 2 is 2.00 bits per heavy atom. The van der Waals surface area contributed by atoms with E-state index in [2.05, 4.69) is 35.9 Å². The van der Waals surface area contributed by atoms with Crippen LogP contribution in [0.4, 0.5) is 0 Å². The Balaban J connectivity index is 2.11. The third kappa shape index (κ3) is 1.88. The molecule has 0 fully saturated rings. The molecule has 3 heteroatoms. The number of hydrogen-bond donors (Lipinski definition) is 0. The van der Waals surface area contributed by atoms with Crippen LogP contribution in [0.1, 0.15) is 25.3 Å². The van der Waals surface area contributed by atoms with E-state index in [1.54, 1.807) is 6.20 Å². The molecule has 0 atom stereocenters. The second-order valence-electron chi connectivity index (χ2n) is 4.62. The van der Waals surface area contributed by atoms with E-state index in [4.69, 9.17) is 4.42 Å². The summed E-state index contributed by atoms with van der Waals surface area (Å²) in [4.78, 5) is 8.59. The van der Waals surface area contributed by atoms with Crippen molar-refractivity contribution in [3.8, 4) is 11.5 Å². The summed E-state index contributed by atoms with van der Waals surface area (Å²) in [6.45, 7) is 4.35. The minimum Gasteiger partial charge on any atom is -0.434 e. The Morgan fingerprint density at radius 1 is 1.11 bits per heavy atom. The Morgan fingerprint density at radius 3 is 2.78 bits per heavy atom. The molecule has 2 aromatic heterocycles. The van der Waals surface area contributed by atoms with Crippen LogP contribution in [0.5, 0.6) is 0 Å². The maximum absolute atomic E-state index is 5.72. The van der Waals surface area contributed by atoms with Gasteiger partial charge in [-0.15, -0.1) is 0 Å². The predicted molar refractivity (Wildman–Crippen MR) is 71.3 cm³/mol. The number of rotatable bonds is 2. The van der Waals surface area contributed by atoms with Crippen LogP contribution in [-0.4, -0.2) is 9.97 Å². The van der Waals surface area contributed by atoms with Gasteiger partial charge in [-0.25, -0.2) is 4.98 Å². The average Bonchev–Trinajstić information content (AvgIpc) is 2.82. The van der Waals surface area contributed by atoms with E-state index in [-0.39, 0.29) is 0 Å². The second kappa shape index (κ2) is 4.26. The zero-order chi connectivity index (χ0) is 12.5. The summed E-state index contributed by atoms with van der Waals surface area (Å²) in [6.07, 6.45) is 1.72. The standard InChI is InChI=1S/C15H14N2O/c1-10(2)11-5-3-6-12(9-11)15-17-14-13(18-15)7-4-8-16-14/h3-10H,1-2H3. The summed E-state index contributed by atoms with van der Waals surface area (Å²) in [5.41, 5.74) is 3.66. The number of oxazole rings is 1. The van der Waals surface area contributed by atoms with Gasteiger partial charge in [-0.3, -0.25) is 0 Å². The molecule has 1 aromatic carbocycles. The summed E-state index contributed by atoms with van der Waals surface area (Å²) >= 11 is 0. The molecule has 0 unspecified atom stereocenters. The Bertz CT molecular complexity index is 653. The highest BCUT2D eigenvalue weighted by atomic mass is 16.3. The lowest BCUT2D eigenvalue weighted by Gasteiger charge is -2.05. The monoisotopic (exact) mass is 238 g/mol. The first-order chi connectivity index (χ1) is 8.74. The summed E-state index contributed by atoms with van der Waals surface area (Å²) in [5.74, 6) is 1.12.